The molecule has 1 fully saturated rings. The van der Waals surface area contributed by atoms with Gasteiger partial charge in [0.1, 0.15) is 5.82 Å². The average molecular weight is 422 g/mol. The third kappa shape index (κ3) is 4.23. The zero-order valence-corrected chi connectivity index (χ0v) is 17.6. The van der Waals surface area contributed by atoms with Gasteiger partial charge in [-0.1, -0.05) is 12.1 Å². The number of hydrogen-bond donors (Lipinski definition) is 2. The summed E-state index contributed by atoms with van der Waals surface area (Å²) in [5.74, 6) is -0.329. The molecular weight excluding hydrogens is 393 g/mol. The first-order chi connectivity index (χ1) is 15.2. The minimum absolute atomic E-state index is 0.0165. The van der Waals surface area contributed by atoms with E-state index in [-0.39, 0.29) is 17.8 Å². The molecule has 2 aromatic carbocycles. The number of nitrogens with zero attached hydrogens (tertiary/aromatic N) is 1. The smallest absolute Gasteiger partial charge is 0.251 e. The highest BCUT2D eigenvalue weighted by molar-refractivity contribution is 5.99. The summed E-state index contributed by atoms with van der Waals surface area (Å²) in [6, 6.07) is 12.5. The van der Waals surface area contributed by atoms with Gasteiger partial charge in [-0.3, -0.25) is 9.69 Å². The molecule has 0 radical (unpaired) electrons. The van der Waals surface area contributed by atoms with Gasteiger partial charge in [0.25, 0.3) is 5.91 Å². The number of ether oxygens (including phenoxy) is 1. The van der Waals surface area contributed by atoms with E-state index in [9.17, 15) is 9.18 Å². The first-order valence-corrected chi connectivity index (χ1v) is 11.2. The summed E-state index contributed by atoms with van der Waals surface area (Å²) >= 11 is 0. The maximum absolute atomic E-state index is 13.4. The van der Waals surface area contributed by atoms with Gasteiger partial charge >= 0.3 is 0 Å². The van der Waals surface area contributed by atoms with Gasteiger partial charge < -0.3 is 15.0 Å². The van der Waals surface area contributed by atoms with Gasteiger partial charge in [0.2, 0.25) is 0 Å². The van der Waals surface area contributed by atoms with Crippen molar-refractivity contribution in [2.24, 2.45) is 0 Å². The fraction of sp³-hybridized carbons (Fsp3) is 0.400. The zero-order valence-electron chi connectivity index (χ0n) is 17.6. The Balaban J connectivity index is 1.35. The van der Waals surface area contributed by atoms with Crippen molar-refractivity contribution in [3.63, 3.8) is 0 Å². The normalized spacial score (nSPS) is 18.0. The number of amides is 1. The Labute approximate surface area is 181 Å². The van der Waals surface area contributed by atoms with E-state index in [1.807, 2.05) is 18.2 Å². The summed E-state index contributed by atoms with van der Waals surface area (Å²) in [7, 11) is 0. The molecule has 31 heavy (non-hydrogen) atoms. The number of fused-ring (bicyclic) bond motifs is 3. The van der Waals surface area contributed by atoms with Crippen LogP contribution in [0.2, 0.25) is 0 Å². The quantitative estimate of drug-likeness (QED) is 0.655. The molecule has 0 spiro atoms. The van der Waals surface area contributed by atoms with Gasteiger partial charge in [0, 0.05) is 41.8 Å². The lowest BCUT2D eigenvalue weighted by atomic mass is 9.95. The van der Waals surface area contributed by atoms with E-state index in [2.05, 4.69) is 15.2 Å². The van der Waals surface area contributed by atoms with Crippen molar-refractivity contribution >= 4 is 16.8 Å². The number of nitrogens with one attached hydrogen (secondary N) is 2. The number of morpholine rings is 1. The third-order valence-electron chi connectivity index (χ3n) is 6.56. The summed E-state index contributed by atoms with van der Waals surface area (Å²) in [6.45, 7) is 3.38. The molecule has 3 aromatic rings. The van der Waals surface area contributed by atoms with Crippen LogP contribution in [0, 0.1) is 5.82 Å². The molecule has 1 atom stereocenters. The van der Waals surface area contributed by atoms with Crippen LogP contribution in [0.3, 0.4) is 0 Å². The van der Waals surface area contributed by atoms with Crippen molar-refractivity contribution in [3.8, 4) is 0 Å². The molecule has 0 bridgehead atoms. The Morgan fingerprint density at radius 1 is 1.10 bits per heavy atom. The zero-order chi connectivity index (χ0) is 21.2. The van der Waals surface area contributed by atoms with Crippen LogP contribution in [-0.4, -0.2) is 48.6 Å². The maximum atomic E-state index is 13.4. The van der Waals surface area contributed by atoms with Gasteiger partial charge in [0.15, 0.2) is 0 Å². The molecular formula is C25H28FN3O2. The molecule has 6 heteroatoms. The number of carbonyl (C=O) groups excluding carboxylic acids is 1. The van der Waals surface area contributed by atoms with Gasteiger partial charge in [-0.25, -0.2) is 4.39 Å². The van der Waals surface area contributed by atoms with Crippen molar-refractivity contribution in [3.05, 3.63) is 70.7 Å². The van der Waals surface area contributed by atoms with Crippen molar-refractivity contribution in [2.45, 2.75) is 31.7 Å². The Hall–Kier alpha value is -2.70. The molecule has 5 rings (SSSR count). The number of halogens is 1. The predicted molar refractivity (Wildman–Crippen MR) is 119 cm³/mol. The summed E-state index contributed by atoms with van der Waals surface area (Å²) in [6.07, 6.45) is 4.59. The van der Waals surface area contributed by atoms with Gasteiger partial charge in [-0.05, 0) is 67.1 Å². The molecule has 5 nitrogen and oxygen atoms in total. The molecule has 1 aliphatic carbocycles. The molecule has 2 heterocycles. The number of rotatable bonds is 5. The van der Waals surface area contributed by atoms with E-state index in [4.69, 9.17) is 4.74 Å². The molecule has 0 saturated carbocycles. The van der Waals surface area contributed by atoms with Crippen LogP contribution in [0.1, 0.15) is 46.1 Å². The Bertz CT molecular complexity index is 1070. The van der Waals surface area contributed by atoms with Crippen LogP contribution >= 0.6 is 0 Å². The molecule has 1 aromatic heterocycles. The Kier molecular flexibility index (Phi) is 5.74. The first-order valence-electron chi connectivity index (χ1n) is 11.2. The molecule has 1 saturated heterocycles. The fourth-order valence-corrected chi connectivity index (χ4v) is 4.87. The lowest BCUT2D eigenvalue weighted by molar-refractivity contribution is 0.0162. The van der Waals surface area contributed by atoms with Crippen molar-refractivity contribution in [1.82, 2.24) is 15.2 Å². The average Bonchev–Trinajstić information content (AvgIpc) is 3.19. The number of benzene rings is 2. The lowest BCUT2D eigenvalue weighted by Gasteiger charge is -2.35. The molecule has 1 unspecified atom stereocenters. The van der Waals surface area contributed by atoms with E-state index in [0.29, 0.717) is 25.3 Å². The van der Waals surface area contributed by atoms with E-state index in [1.165, 1.54) is 41.6 Å². The highest BCUT2D eigenvalue weighted by atomic mass is 19.1. The second kappa shape index (κ2) is 8.81. The van der Waals surface area contributed by atoms with Gasteiger partial charge in [-0.2, -0.15) is 0 Å². The minimum atomic E-state index is -0.253. The highest BCUT2D eigenvalue weighted by Crippen LogP contribution is 2.30. The minimum Gasteiger partial charge on any atom is -0.379 e. The number of hydrogen-bond acceptors (Lipinski definition) is 3. The third-order valence-corrected chi connectivity index (χ3v) is 6.56. The number of carbonyl (C=O) groups is 1. The van der Waals surface area contributed by atoms with Crippen molar-refractivity contribution in [2.75, 3.05) is 32.8 Å². The number of aromatic amines is 1. The second-order valence-electron chi connectivity index (χ2n) is 8.48. The first kappa shape index (κ1) is 20.2. The van der Waals surface area contributed by atoms with Crippen LogP contribution in [0.25, 0.3) is 10.9 Å². The summed E-state index contributed by atoms with van der Waals surface area (Å²) in [5, 5.41) is 4.29. The number of aryl methyl sites for hydroxylation is 2. The van der Waals surface area contributed by atoms with E-state index in [0.717, 1.165) is 37.0 Å². The number of aromatic nitrogens is 1. The standard InChI is InChI=1S/C25H28FN3O2/c26-19-8-5-17(6-9-19)24(29-11-13-31-14-12-29)16-27-25(30)18-7-10-23-21(15-18)20-3-1-2-4-22(20)28-23/h5-10,15,24,28H,1-4,11-14,16H2,(H,27,30). The predicted octanol–water partition coefficient (Wildman–Crippen LogP) is 3.99. The summed E-state index contributed by atoms with van der Waals surface area (Å²) in [4.78, 5) is 18.8. The molecule has 1 amide bonds. The Morgan fingerprint density at radius 3 is 2.68 bits per heavy atom. The fourth-order valence-electron chi connectivity index (χ4n) is 4.87. The highest BCUT2D eigenvalue weighted by Gasteiger charge is 2.24. The number of H-pyrrole nitrogens is 1. The van der Waals surface area contributed by atoms with Crippen LogP contribution in [0.15, 0.2) is 42.5 Å². The molecule has 162 valence electrons. The van der Waals surface area contributed by atoms with Crippen molar-refractivity contribution in [1.29, 1.82) is 0 Å². The largest absolute Gasteiger partial charge is 0.379 e. The van der Waals surface area contributed by atoms with E-state index >= 15 is 0 Å². The molecule has 1 aliphatic heterocycles. The molecule has 2 aliphatic rings. The maximum Gasteiger partial charge on any atom is 0.251 e. The van der Waals surface area contributed by atoms with Gasteiger partial charge in [0.05, 0.1) is 19.3 Å². The Morgan fingerprint density at radius 2 is 1.87 bits per heavy atom. The second-order valence-corrected chi connectivity index (χ2v) is 8.48. The van der Waals surface area contributed by atoms with Gasteiger partial charge in [-0.15, -0.1) is 0 Å². The summed E-state index contributed by atoms with van der Waals surface area (Å²) in [5.41, 5.74) is 5.48. The topological polar surface area (TPSA) is 57.4 Å². The van der Waals surface area contributed by atoms with E-state index < -0.39 is 0 Å². The van der Waals surface area contributed by atoms with Crippen LogP contribution in [-0.2, 0) is 17.6 Å². The lowest BCUT2D eigenvalue weighted by Crippen LogP contribution is -2.43. The SMILES string of the molecule is O=C(NCC(c1ccc(F)cc1)N1CCOCC1)c1ccc2[nH]c3c(c2c1)CCCC3. The van der Waals surface area contributed by atoms with Crippen molar-refractivity contribution < 1.29 is 13.9 Å². The molecule has 2 N–H and O–H groups in total. The monoisotopic (exact) mass is 421 g/mol. The van der Waals surface area contributed by atoms with Crippen LogP contribution < -0.4 is 5.32 Å². The summed E-state index contributed by atoms with van der Waals surface area (Å²) < 4.78 is 18.9. The van der Waals surface area contributed by atoms with E-state index in [1.54, 1.807) is 12.1 Å². The van der Waals surface area contributed by atoms with Crippen LogP contribution in [0.5, 0.6) is 0 Å². The van der Waals surface area contributed by atoms with Crippen LogP contribution in [0.4, 0.5) is 4.39 Å².